The topological polar surface area (TPSA) is 177 Å². The predicted octanol–water partition coefficient (Wildman–Crippen LogP) is 4.92. The van der Waals surface area contributed by atoms with Gasteiger partial charge in [-0.05, 0) is 125 Å². The molecule has 19 heteroatoms. The summed E-state index contributed by atoms with van der Waals surface area (Å²) in [5, 5.41) is 11.8. The molecule has 0 radical (unpaired) electrons. The molecule has 6 rings (SSSR count). The van der Waals surface area contributed by atoms with Crippen molar-refractivity contribution in [2.24, 2.45) is 22.7 Å². The molecule has 3 saturated carbocycles. The summed E-state index contributed by atoms with van der Waals surface area (Å²) < 4.78 is 43.9. The third-order valence-corrected chi connectivity index (χ3v) is 14.7. The minimum Gasteiger partial charge on any atom is -0.354 e. The number of likely N-dealkylation sites (tertiary alicyclic amines) is 1. The van der Waals surface area contributed by atoms with Crippen LogP contribution in [0.1, 0.15) is 110 Å². The van der Waals surface area contributed by atoms with Gasteiger partial charge in [0.25, 0.3) is 0 Å². The maximum Gasteiger partial charge on any atom is 0.403 e. The van der Waals surface area contributed by atoms with Crippen molar-refractivity contribution in [1.82, 2.24) is 36.0 Å². The Kier molecular flexibility index (Phi) is 15.2. The maximum atomic E-state index is 14.6. The van der Waals surface area contributed by atoms with E-state index in [0.29, 0.717) is 60.6 Å². The van der Waals surface area contributed by atoms with Gasteiger partial charge in [-0.15, -0.1) is 0 Å². The Morgan fingerprint density at radius 2 is 1.62 bits per heavy atom. The first-order chi connectivity index (χ1) is 30.1. The summed E-state index contributed by atoms with van der Waals surface area (Å²) in [5.74, 6) is -5.17. The number of alkyl halides is 3. The molecule has 3 aliphatic carbocycles. The fourth-order valence-electron chi connectivity index (χ4n) is 10.1. The maximum absolute atomic E-state index is 14.6. The van der Waals surface area contributed by atoms with Gasteiger partial charge in [-0.25, -0.2) is 0 Å². The van der Waals surface area contributed by atoms with Gasteiger partial charge in [0.15, 0.2) is 0 Å². The fraction of sp³-hybridized carbons (Fsp3) is 0.711. The quantitative estimate of drug-likeness (QED) is 0.257. The molecule has 354 valence electrons. The van der Waals surface area contributed by atoms with Gasteiger partial charge in [0.05, 0.1) is 0 Å². The lowest BCUT2D eigenvalue weighted by atomic mass is 9.44. The van der Waals surface area contributed by atoms with Crippen LogP contribution in [0.3, 0.4) is 0 Å². The molecule has 2 heterocycles. The first-order valence-electron chi connectivity index (χ1n) is 22.6. The zero-order valence-corrected chi connectivity index (χ0v) is 38.8. The second kappa shape index (κ2) is 19.8. The van der Waals surface area contributed by atoms with Crippen LogP contribution in [0.4, 0.5) is 13.2 Å². The van der Waals surface area contributed by atoms with Crippen molar-refractivity contribution in [3.63, 3.8) is 0 Å². The third-order valence-electron chi connectivity index (χ3n) is 14.1. The number of halogens is 5. The van der Waals surface area contributed by atoms with Crippen LogP contribution >= 0.6 is 23.2 Å². The lowest BCUT2D eigenvalue weighted by molar-refractivity contribution is -0.285. The molecular formula is C45H62Cl2F3N7O7. The van der Waals surface area contributed by atoms with Crippen molar-refractivity contribution < 1.29 is 46.7 Å². The van der Waals surface area contributed by atoms with Gasteiger partial charge >= 0.3 is 6.18 Å². The van der Waals surface area contributed by atoms with Crippen LogP contribution in [0.5, 0.6) is 0 Å². The molecule has 1 aromatic rings. The SMILES string of the molecule is CC(C)C[C@@H]1NC(=O)[C@@H](N(C)C(=O)[C@@H](NC(=O)[C@@H]2CCCN2C(=O)C2(C(F)(F)F)CC3(CCC3)C2)C2CC2)CCCCNC(=O)[C@@H](C)NC(=O)[C@H](Cc2cc(Cl)ccc2Cl)N(C)C1=O. The number of nitrogens with one attached hydrogen (secondary N) is 4. The van der Waals surface area contributed by atoms with Gasteiger partial charge in [0.2, 0.25) is 41.4 Å². The number of carbonyl (C=O) groups is 7. The monoisotopic (exact) mass is 939 g/mol. The van der Waals surface area contributed by atoms with Crippen LogP contribution in [0.25, 0.3) is 0 Å². The molecule has 4 N–H and O–H groups in total. The van der Waals surface area contributed by atoms with Crippen LogP contribution in [-0.4, -0.2) is 126 Å². The van der Waals surface area contributed by atoms with Crippen LogP contribution in [0, 0.1) is 22.7 Å². The molecule has 14 nitrogen and oxygen atoms in total. The smallest absolute Gasteiger partial charge is 0.354 e. The summed E-state index contributed by atoms with van der Waals surface area (Å²) in [5.41, 5.74) is -2.52. The number of rotatable bonds is 10. The van der Waals surface area contributed by atoms with E-state index in [1.807, 2.05) is 13.8 Å². The van der Waals surface area contributed by atoms with Crippen molar-refractivity contribution in [3.8, 4) is 0 Å². The molecule has 5 aliphatic rings. The number of nitrogens with zero attached hydrogens (tertiary/aromatic N) is 3. The van der Waals surface area contributed by atoms with Gasteiger partial charge in [-0.3, -0.25) is 33.6 Å². The summed E-state index contributed by atoms with van der Waals surface area (Å²) in [6.07, 6.45) is -0.594. The van der Waals surface area contributed by atoms with E-state index in [1.165, 1.54) is 30.8 Å². The van der Waals surface area contributed by atoms with Crippen molar-refractivity contribution in [3.05, 3.63) is 33.8 Å². The third kappa shape index (κ3) is 10.6. The highest BCUT2D eigenvalue weighted by atomic mass is 35.5. The minimum absolute atomic E-state index is 0.00344. The van der Waals surface area contributed by atoms with Crippen molar-refractivity contribution in [2.75, 3.05) is 27.2 Å². The average Bonchev–Trinajstić information content (AvgIpc) is 3.92. The highest BCUT2D eigenvalue weighted by Crippen LogP contribution is 2.69. The van der Waals surface area contributed by atoms with Crippen LogP contribution in [0.2, 0.25) is 10.0 Å². The molecule has 2 aliphatic heterocycles. The Morgan fingerprint density at radius 3 is 2.23 bits per heavy atom. The van der Waals surface area contributed by atoms with E-state index in [9.17, 15) is 46.7 Å². The Labute approximate surface area is 382 Å². The first kappa shape index (κ1) is 49.3. The highest BCUT2D eigenvalue weighted by molar-refractivity contribution is 6.33. The Morgan fingerprint density at radius 1 is 0.938 bits per heavy atom. The van der Waals surface area contributed by atoms with E-state index in [-0.39, 0.29) is 63.5 Å². The van der Waals surface area contributed by atoms with Crippen LogP contribution in [0.15, 0.2) is 18.2 Å². The lowest BCUT2D eigenvalue weighted by Crippen LogP contribution is -2.66. The van der Waals surface area contributed by atoms with Gasteiger partial charge in [-0.1, -0.05) is 43.5 Å². The molecule has 1 aromatic carbocycles. The molecule has 0 aromatic heterocycles. The molecular weight excluding hydrogens is 878 g/mol. The van der Waals surface area contributed by atoms with Gasteiger partial charge in [-0.2, -0.15) is 13.2 Å². The summed E-state index contributed by atoms with van der Waals surface area (Å²) >= 11 is 12.8. The molecule has 64 heavy (non-hydrogen) atoms. The second-order valence-corrected chi connectivity index (χ2v) is 20.2. The number of hydrogen-bond acceptors (Lipinski definition) is 7. The van der Waals surface area contributed by atoms with E-state index >= 15 is 0 Å². The number of hydrogen-bond donors (Lipinski definition) is 4. The van der Waals surface area contributed by atoms with Crippen molar-refractivity contribution in [1.29, 1.82) is 0 Å². The predicted molar refractivity (Wildman–Crippen MR) is 233 cm³/mol. The fourth-order valence-corrected chi connectivity index (χ4v) is 10.5. The van der Waals surface area contributed by atoms with Crippen LogP contribution in [-0.2, 0) is 40.0 Å². The number of likely N-dealkylation sites (N-methyl/N-ethyl adjacent to an activating group) is 2. The standard InChI is InChI=1S/C45H62Cl2F3N7O7/c1-25(2)20-31-40(62)56(5)34(22-28-21-29(46)14-15-30(28)47)39(61)52-26(3)36(58)51-18-7-6-10-32(37(59)53-31)55(4)41(63)35(27-12-13-27)54-38(60)33-11-8-19-57(33)42(64)44(45(48,49)50)23-43(24-44)16-9-17-43/h14-15,21,25-27,31-35H,6-13,16-20,22-24H2,1-5H3,(H,51,58)(H,52,61)(H,53,59)(H,54,60)/t26-,31+,32+,33+,34+,35+/m1/s1. The highest BCUT2D eigenvalue weighted by Gasteiger charge is 2.73. The summed E-state index contributed by atoms with van der Waals surface area (Å²) in [7, 11) is 2.86. The first-order valence-corrected chi connectivity index (χ1v) is 23.4. The second-order valence-electron chi connectivity index (χ2n) is 19.3. The van der Waals surface area contributed by atoms with E-state index < -0.39 is 94.6 Å². The molecule has 6 atom stereocenters. The Hall–Kier alpha value is -4.12. The van der Waals surface area contributed by atoms with Crippen LogP contribution < -0.4 is 21.3 Å². The normalized spacial score (nSPS) is 27.2. The zero-order chi connectivity index (χ0) is 46.9. The molecule has 0 unspecified atom stereocenters. The summed E-state index contributed by atoms with van der Waals surface area (Å²) in [6.45, 7) is 5.44. The Bertz CT molecular complexity index is 1970. The molecule has 2 saturated heterocycles. The lowest BCUT2D eigenvalue weighted by Gasteiger charge is -2.60. The Balaban J connectivity index is 1.22. The van der Waals surface area contributed by atoms with Crippen molar-refractivity contribution >= 4 is 64.6 Å². The van der Waals surface area contributed by atoms with E-state index in [2.05, 4.69) is 21.3 Å². The van der Waals surface area contributed by atoms with Gasteiger partial charge in [0, 0.05) is 43.7 Å². The average molecular weight is 941 g/mol. The minimum atomic E-state index is -4.77. The molecule has 1 spiro atoms. The molecule has 7 amide bonds. The number of benzene rings is 1. The number of carbonyl (C=O) groups excluding carboxylic acids is 7. The van der Waals surface area contributed by atoms with E-state index in [4.69, 9.17) is 23.2 Å². The largest absolute Gasteiger partial charge is 0.403 e. The number of amides is 7. The van der Waals surface area contributed by atoms with Gasteiger partial charge < -0.3 is 36.0 Å². The molecule has 0 bridgehead atoms. The molecule has 5 fully saturated rings. The summed E-state index contributed by atoms with van der Waals surface area (Å²) in [6, 6.07) is -2.05. The van der Waals surface area contributed by atoms with E-state index in [0.717, 1.165) is 11.3 Å². The summed E-state index contributed by atoms with van der Waals surface area (Å²) in [4.78, 5) is 102. The van der Waals surface area contributed by atoms with Crippen molar-refractivity contribution in [2.45, 2.75) is 153 Å². The van der Waals surface area contributed by atoms with Gasteiger partial charge in [0.1, 0.15) is 41.7 Å². The van der Waals surface area contributed by atoms with E-state index in [1.54, 1.807) is 18.2 Å². The zero-order valence-electron chi connectivity index (χ0n) is 37.3.